The van der Waals surface area contributed by atoms with Crippen molar-refractivity contribution in [2.24, 2.45) is 5.41 Å². The summed E-state index contributed by atoms with van der Waals surface area (Å²) in [4.78, 5) is 8.43. The Morgan fingerprint density at radius 1 is 1.50 bits per heavy atom. The van der Waals surface area contributed by atoms with Gasteiger partial charge in [0.05, 0.1) is 0 Å². The van der Waals surface area contributed by atoms with E-state index in [-0.39, 0.29) is 0 Å². The number of nitrogens with two attached hydrogens (primary N) is 1. The van der Waals surface area contributed by atoms with Gasteiger partial charge >= 0.3 is 0 Å². The van der Waals surface area contributed by atoms with Gasteiger partial charge in [0.2, 0.25) is 5.95 Å². The first-order valence-electron chi connectivity index (χ1n) is 5.51. The number of hydrogen-bond donors (Lipinski definition) is 2. The Hall–Kier alpha value is -0.840. The summed E-state index contributed by atoms with van der Waals surface area (Å²) in [6.45, 7) is 4.59. The largest absolute Gasteiger partial charge is 0.383 e. The molecule has 5 heteroatoms. The Morgan fingerprint density at radius 2 is 2.25 bits per heavy atom. The van der Waals surface area contributed by atoms with Gasteiger partial charge in [-0.05, 0) is 40.6 Å². The summed E-state index contributed by atoms with van der Waals surface area (Å²) in [5.74, 6) is 1.11. The molecule has 0 radical (unpaired) electrons. The van der Waals surface area contributed by atoms with Crippen molar-refractivity contribution in [3.05, 3.63) is 10.7 Å². The molecule has 1 heterocycles. The Morgan fingerprint density at radius 3 is 2.81 bits per heavy atom. The van der Waals surface area contributed by atoms with Crippen molar-refractivity contribution < 1.29 is 0 Å². The normalized spacial score (nSPS) is 23.3. The van der Waals surface area contributed by atoms with Crippen LogP contribution in [0.15, 0.2) is 10.7 Å². The van der Waals surface area contributed by atoms with Gasteiger partial charge in [-0.25, -0.2) is 4.98 Å². The van der Waals surface area contributed by atoms with Crippen molar-refractivity contribution in [2.75, 3.05) is 11.1 Å². The zero-order valence-corrected chi connectivity index (χ0v) is 11.2. The standard InChI is InChI=1S/C11H17BrN4/c1-11(2)4-3-7(6-11)14-10-15-8(12)5-9(13)16-10/h5,7H,3-4,6H2,1-2H3,(H3,13,14,15,16). The van der Waals surface area contributed by atoms with Gasteiger partial charge in [-0.3, -0.25) is 0 Å². The van der Waals surface area contributed by atoms with Crippen LogP contribution in [0.3, 0.4) is 0 Å². The van der Waals surface area contributed by atoms with Crippen LogP contribution >= 0.6 is 15.9 Å². The summed E-state index contributed by atoms with van der Waals surface area (Å²) < 4.78 is 0.722. The first-order valence-corrected chi connectivity index (χ1v) is 6.30. The lowest BCUT2D eigenvalue weighted by molar-refractivity contribution is 0.378. The predicted octanol–water partition coefficient (Wildman–Crippen LogP) is 2.81. The fourth-order valence-electron chi connectivity index (χ4n) is 2.24. The summed E-state index contributed by atoms with van der Waals surface area (Å²) in [6, 6.07) is 2.16. The Balaban J connectivity index is 2.05. The van der Waals surface area contributed by atoms with E-state index in [2.05, 4.69) is 45.1 Å². The molecule has 1 fully saturated rings. The molecular formula is C11H17BrN4. The van der Waals surface area contributed by atoms with E-state index >= 15 is 0 Å². The lowest BCUT2D eigenvalue weighted by atomic mass is 9.92. The predicted molar refractivity (Wildman–Crippen MR) is 69.2 cm³/mol. The van der Waals surface area contributed by atoms with E-state index in [1.165, 1.54) is 12.8 Å². The van der Waals surface area contributed by atoms with Gasteiger partial charge < -0.3 is 11.1 Å². The highest BCUT2D eigenvalue weighted by Crippen LogP contribution is 2.38. The molecule has 1 unspecified atom stereocenters. The van der Waals surface area contributed by atoms with Crippen LogP contribution in [0.1, 0.15) is 33.1 Å². The Bertz CT molecular complexity index is 371. The highest BCUT2D eigenvalue weighted by Gasteiger charge is 2.31. The number of nitrogens with one attached hydrogen (secondary N) is 1. The molecule has 0 aliphatic heterocycles. The van der Waals surface area contributed by atoms with Crippen LogP contribution in [0.5, 0.6) is 0 Å². The molecule has 3 N–H and O–H groups in total. The molecule has 1 aromatic heterocycles. The molecular weight excluding hydrogens is 268 g/mol. The van der Waals surface area contributed by atoms with E-state index in [0.29, 0.717) is 23.2 Å². The second-order valence-corrected chi connectivity index (χ2v) is 6.00. The number of rotatable bonds is 2. The van der Waals surface area contributed by atoms with Crippen LogP contribution < -0.4 is 11.1 Å². The minimum absolute atomic E-state index is 0.426. The fourth-order valence-corrected chi connectivity index (χ4v) is 2.64. The van der Waals surface area contributed by atoms with Crippen LogP contribution in [-0.4, -0.2) is 16.0 Å². The van der Waals surface area contributed by atoms with Crippen molar-refractivity contribution in [3.8, 4) is 0 Å². The first kappa shape index (κ1) is 11.6. The van der Waals surface area contributed by atoms with E-state index in [1.807, 2.05) is 0 Å². The number of anilines is 2. The third-order valence-corrected chi connectivity index (χ3v) is 3.42. The van der Waals surface area contributed by atoms with Crippen LogP contribution in [-0.2, 0) is 0 Å². The highest BCUT2D eigenvalue weighted by molar-refractivity contribution is 9.10. The molecule has 4 nitrogen and oxygen atoms in total. The Labute approximate surface area is 104 Å². The van der Waals surface area contributed by atoms with E-state index in [4.69, 9.17) is 5.73 Å². The summed E-state index contributed by atoms with van der Waals surface area (Å²) in [5.41, 5.74) is 6.09. The topological polar surface area (TPSA) is 63.8 Å². The van der Waals surface area contributed by atoms with E-state index in [1.54, 1.807) is 6.07 Å². The molecule has 1 aliphatic carbocycles. The van der Waals surface area contributed by atoms with Crippen molar-refractivity contribution in [3.63, 3.8) is 0 Å². The molecule has 0 amide bonds. The average Bonchev–Trinajstić information content (AvgIpc) is 2.43. The zero-order valence-electron chi connectivity index (χ0n) is 9.63. The average molecular weight is 285 g/mol. The molecule has 0 bridgehead atoms. The molecule has 1 aromatic rings. The quantitative estimate of drug-likeness (QED) is 0.820. The van der Waals surface area contributed by atoms with Gasteiger partial charge in [0.25, 0.3) is 0 Å². The van der Waals surface area contributed by atoms with Crippen molar-refractivity contribution >= 4 is 27.7 Å². The third-order valence-electron chi connectivity index (χ3n) is 3.02. The van der Waals surface area contributed by atoms with Crippen LogP contribution in [0.2, 0.25) is 0 Å². The first-order chi connectivity index (χ1) is 7.44. The molecule has 0 aromatic carbocycles. The number of nitrogens with zero attached hydrogens (tertiary/aromatic N) is 2. The molecule has 2 rings (SSSR count). The second-order valence-electron chi connectivity index (χ2n) is 5.19. The van der Waals surface area contributed by atoms with Crippen LogP contribution in [0.25, 0.3) is 0 Å². The number of halogens is 1. The molecule has 16 heavy (non-hydrogen) atoms. The number of aromatic nitrogens is 2. The van der Waals surface area contributed by atoms with Crippen molar-refractivity contribution in [1.29, 1.82) is 0 Å². The van der Waals surface area contributed by atoms with Gasteiger partial charge in [0.15, 0.2) is 0 Å². The SMILES string of the molecule is CC1(C)CCC(Nc2nc(N)cc(Br)n2)C1. The smallest absolute Gasteiger partial charge is 0.225 e. The van der Waals surface area contributed by atoms with Crippen molar-refractivity contribution in [1.82, 2.24) is 9.97 Å². The van der Waals surface area contributed by atoms with E-state index < -0.39 is 0 Å². The molecule has 1 atom stereocenters. The van der Waals surface area contributed by atoms with E-state index in [9.17, 15) is 0 Å². The monoisotopic (exact) mass is 284 g/mol. The minimum Gasteiger partial charge on any atom is -0.383 e. The lowest BCUT2D eigenvalue weighted by Crippen LogP contribution is -2.19. The lowest BCUT2D eigenvalue weighted by Gasteiger charge is -2.17. The maximum absolute atomic E-state index is 5.67. The maximum Gasteiger partial charge on any atom is 0.225 e. The second kappa shape index (κ2) is 4.20. The molecule has 1 saturated carbocycles. The van der Waals surface area contributed by atoms with Gasteiger partial charge in [-0.15, -0.1) is 0 Å². The van der Waals surface area contributed by atoms with Crippen LogP contribution in [0.4, 0.5) is 11.8 Å². The third kappa shape index (κ3) is 2.84. The molecule has 1 aliphatic rings. The van der Waals surface area contributed by atoms with E-state index in [0.717, 1.165) is 11.0 Å². The highest BCUT2D eigenvalue weighted by atomic mass is 79.9. The molecule has 88 valence electrons. The maximum atomic E-state index is 5.67. The summed E-state index contributed by atoms with van der Waals surface area (Å²) in [6.07, 6.45) is 3.57. The molecule has 0 spiro atoms. The minimum atomic E-state index is 0.426. The summed E-state index contributed by atoms with van der Waals surface area (Å²) >= 11 is 3.31. The Kier molecular flexibility index (Phi) is 3.06. The number of nitrogen functional groups attached to an aromatic ring is 1. The van der Waals surface area contributed by atoms with Gasteiger partial charge in [0, 0.05) is 12.1 Å². The van der Waals surface area contributed by atoms with Gasteiger partial charge in [-0.1, -0.05) is 13.8 Å². The van der Waals surface area contributed by atoms with Gasteiger partial charge in [-0.2, -0.15) is 4.98 Å². The summed E-state index contributed by atoms with van der Waals surface area (Å²) in [5, 5.41) is 3.35. The van der Waals surface area contributed by atoms with Crippen LogP contribution in [0, 0.1) is 5.41 Å². The number of hydrogen-bond acceptors (Lipinski definition) is 4. The van der Waals surface area contributed by atoms with Gasteiger partial charge in [0.1, 0.15) is 10.4 Å². The molecule has 0 saturated heterocycles. The van der Waals surface area contributed by atoms with Crippen molar-refractivity contribution in [2.45, 2.75) is 39.2 Å². The summed E-state index contributed by atoms with van der Waals surface area (Å²) in [7, 11) is 0. The fraction of sp³-hybridized carbons (Fsp3) is 0.636. The zero-order chi connectivity index (χ0) is 11.8.